The summed E-state index contributed by atoms with van der Waals surface area (Å²) in [6, 6.07) is 14.7. The van der Waals surface area contributed by atoms with Gasteiger partial charge in [0.05, 0.1) is 11.4 Å². The van der Waals surface area contributed by atoms with Gasteiger partial charge in [0.2, 0.25) is 0 Å². The number of halogens is 2. The first kappa shape index (κ1) is 17.6. The average molecular weight is 357 g/mol. The number of carbonyl (C=O) groups is 1. The van der Waals surface area contributed by atoms with Gasteiger partial charge >= 0.3 is 6.61 Å². The van der Waals surface area contributed by atoms with Gasteiger partial charge in [0.25, 0.3) is 5.91 Å². The van der Waals surface area contributed by atoms with Crippen molar-refractivity contribution in [2.24, 2.45) is 0 Å². The summed E-state index contributed by atoms with van der Waals surface area (Å²) >= 11 is 0. The summed E-state index contributed by atoms with van der Waals surface area (Å²) in [5.41, 5.74) is 3.75. The maximum Gasteiger partial charge on any atom is 0.387 e. The number of rotatable bonds is 5. The van der Waals surface area contributed by atoms with Crippen molar-refractivity contribution in [3.05, 3.63) is 71.5 Å². The number of aromatic nitrogens is 2. The van der Waals surface area contributed by atoms with Gasteiger partial charge in [-0.3, -0.25) is 4.79 Å². The molecule has 1 N–H and O–H groups in total. The Hall–Kier alpha value is -3.22. The second kappa shape index (κ2) is 7.35. The standard InChI is InChI=1S/C19H17F2N3O2/c1-12-11-13(2)24(23-12)16-7-3-14(4-8-16)18(25)22-15-5-9-17(10-6-15)26-19(20)21/h3-11,19H,1-2H3,(H,22,25). The number of anilines is 1. The molecule has 0 unspecified atom stereocenters. The minimum absolute atomic E-state index is 0.0345. The second-order valence-electron chi connectivity index (χ2n) is 5.74. The molecule has 0 saturated carbocycles. The Labute approximate surface area is 149 Å². The molecule has 1 heterocycles. The van der Waals surface area contributed by atoms with E-state index in [0.717, 1.165) is 17.1 Å². The smallest absolute Gasteiger partial charge is 0.387 e. The van der Waals surface area contributed by atoms with Crippen molar-refractivity contribution < 1.29 is 18.3 Å². The summed E-state index contributed by atoms with van der Waals surface area (Å²) in [5.74, 6) is -0.264. The van der Waals surface area contributed by atoms with Crippen molar-refractivity contribution >= 4 is 11.6 Å². The lowest BCUT2D eigenvalue weighted by atomic mass is 10.2. The van der Waals surface area contributed by atoms with E-state index in [0.29, 0.717) is 11.3 Å². The van der Waals surface area contributed by atoms with Crippen LogP contribution in [0, 0.1) is 13.8 Å². The lowest BCUT2D eigenvalue weighted by molar-refractivity contribution is -0.0498. The fourth-order valence-corrected chi connectivity index (χ4v) is 2.57. The number of benzene rings is 2. The van der Waals surface area contributed by atoms with Crippen LogP contribution in [-0.4, -0.2) is 22.3 Å². The Bertz CT molecular complexity index is 904. The number of carbonyl (C=O) groups excluding carboxylic acids is 1. The molecular weight excluding hydrogens is 340 g/mol. The normalized spacial score (nSPS) is 10.8. The molecule has 2 aromatic carbocycles. The highest BCUT2D eigenvalue weighted by Crippen LogP contribution is 2.19. The fraction of sp³-hybridized carbons (Fsp3) is 0.158. The zero-order chi connectivity index (χ0) is 18.7. The van der Waals surface area contributed by atoms with Gasteiger partial charge in [-0.25, -0.2) is 4.68 Å². The molecule has 1 aromatic heterocycles. The zero-order valence-corrected chi connectivity index (χ0v) is 14.2. The molecule has 0 aliphatic rings. The molecule has 0 radical (unpaired) electrons. The number of alkyl halides is 2. The van der Waals surface area contributed by atoms with Crippen LogP contribution in [0.4, 0.5) is 14.5 Å². The summed E-state index contributed by atoms with van der Waals surface area (Å²) in [7, 11) is 0. The number of nitrogens with one attached hydrogen (secondary N) is 1. The molecule has 0 atom stereocenters. The maximum absolute atomic E-state index is 12.3. The zero-order valence-electron chi connectivity index (χ0n) is 14.2. The van der Waals surface area contributed by atoms with Crippen molar-refractivity contribution in [3.63, 3.8) is 0 Å². The first-order valence-electron chi connectivity index (χ1n) is 7.92. The number of ether oxygens (including phenoxy) is 1. The first-order chi connectivity index (χ1) is 12.4. The molecular formula is C19H17F2N3O2. The molecule has 3 rings (SSSR count). The van der Waals surface area contributed by atoms with Crippen LogP contribution >= 0.6 is 0 Å². The third-order valence-corrected chi connectivity index (χ3v) is 3.72. The molecule has 7 heteroatoms. The van der Waals surface area contributed by atoms with Gasteiger partial charge in [-0.05, 0) is 68.4 Å². The lowest BCUT2D eigenvalue weighted by Crippen LogP contribution is -2.12. The molecule has 0 saturated heterocycles. The van der Waals surface area contributed by atoms with Crippen LogP contribution < -0.4 is 10.1 Å². The molecule has 0 aliphatic heterocycles. The first-order valence-corrected chi connectivity index (χ1v) is 7.92. The van der Waals surface area contributed by atoms with Gasteiger partial charge in [-0.15, -0.1) is 0 Å². The van der Waals surface area contributed by atoms with E-state index >= 15 is 0 Å². The van der Waals surface area contributed by atoms with Crippen molar-refractivity contribution in [1.82, 2.24) is 9.78 Å². The molecule has 26 heavy (non-hydrogen) atoms. The maximum atomic E-state index is 12.3. The highest BCUT2D eigenvalue weighted by molar-refractivity contribution is 6.04. The third kappa shape index (κ3) is 4.05. The largest absolute Gasteiger partial charge is 0.435 e. The number of aryl methyl sites for hydroxylation is 2. The van der Waals surface area contributed by atoms with E-state index in [-0.39, 0.29) is 11.7 Å². The summed E-state index contributed by atoms with van der Waals surface area (Å²) in [5, 5.41) is 7.11. The van der Waals surface area contributed by atoms with Crippen molar-refractivity contribution in [2.45, 2.75) is 20.5 Å². The number of nitrogens with zero attached hydrogens (tertiary/aromatic N) is 2. The van der Waals surface area contributed by atoms with Gasteiger partial charge < -0.3 is 10.1 Å². The highest BCUT2D eigenvalue weighted by Gasteiger charge is 2.09. The van der Waals surface area contributed by atoms with Gasteiger partial charge in [-0.1, -0.05) is 0 Å². The molecule has 5 nitrogen and oxygen atoms in total. The minimum atomic E-state index is -2.88. The topological polar surface area (TPSA) is 56.2 Å². The van der Waals surface area contributed by atoms with Crippen LogP contribution in [0.5, 0.6) is 5.75 Å². The van der Waals surface area contributed by atoms with E-state index in [1.54, 1.807) is 16.8 Å². The highest BCUT2D eigenvalue weighted by atomic mass is 19.3. The Morgan fingerprint density at radius 2 is 1.73 bits per heavy atom. The monoisotopic (exact) mass is 357 g/mol. The Morgan fingerprint density at radius 3 is 2.27 bits per heavy atom. The van der Waals surface area contributed by atoms with E-state index in [1.807, 2.05) is 32.0 Å². The molecule has 134 valence electrons. The predicted molar refractivity (Wildman–Crippen MR) is 94.1 cm³/mol. The molecule has 3 aromatic rings. The van der Waals surface area contributed by atoms with E-state index in [1.165, 1.54) is 24.3 Å². The van der Waals surface area contributed by atoms with E-state index < -0.39 is 6.61 Å². The predicted octanol–water partition coefficient (Wildman–Crippen LogP) is 4.34. The van der Waals surface area contributed by atoms with E-state index in [4.69, 9.17) is 0 Å². The molecule has 1 amide bonds. The van der Waals surface area contributed by atoms with E-state index in [9.17, 15) is 13.6 Å². The quantitative estimate of drug-likeness (QED) is 0.739. The lowest BCUT2D eigenvalue weighted by Gasteiger charge is -2.09. The Morgan fingerprint density at radius 1 is 1.08 bits per heavy atom. The third-order valence-electron chi connectivity index (χ3n) is 3.72. The Balaban J connectivity index is 1.69. The van der Waals surface area contributed by atoms with Crippen LogP contribution in [-0.2, 0) is 0 Å². The minimum Gasteiger partial charge on any atom is -0.435 e. The van der Waals surface area contributed by atoms with Gasteiger partial charge in [0, 0.05) is 16.9 Å². The van der Waals surface area contributed by atoms with Gasteiger partial charge in [0.1, 0.15) is 5.75 Å². The van der Waals surface area contributed by atoms with Crippen LogP contribution in [0.25, 0.3) is 5.69 Å². The van der Waals surface area contributed by atoms with Gasteiger partial charge in [0.15, 0.2) is 0 Å². The SMILES string of the molecule is Cc1cc(C)n(-c2ccc(C(=O)Nc3ccc(OC(F)F)cc3)cc2)n1. The number of amides is 1. The number of hydrogen-bond donors (Lipinski definition) is 1. The summed E-state index contributed by atoms with van der Waals surface area (Å²) in [6.45, 7) is 1.00. The van der Waals surface area contributed by atoms with Crippen LogP contribution in [0.15, 0.2) is 54.6 Å². The van der Waals surface area contributed by atoms with Gasteiger partial charge in [-0.2, -0.15) is 13.9 Å². The summed E-state index contributed by atoms with van der Waals surface area (Å²) in [6.07, 6.45) is 0. The number of hydrogen-bond acceptors (Lipinski definition) is 3. The molecule has 0 aliphatic carbocycles. The Kier molecular flexibility index (Phi) is 4.97. The van der Waals surface area contributed by atoms with Crippen molar-refractivity contribution in [3.8, 4) is 11.4 Å². The van der Waals surface area contributed by atoms with Crippen molar-refractivity contribution in [2.75, 3.05) is 5.32 Å². The van der Waals surface area contributed by atoms with Crippen molar-refractivity contribution in [1.29, 1.82) is 0 Å². The van der Waals surface area contributed by atoms with E-state index in [2.05, 4.69) is 15.2 Å². The van der Waals surface area contributed by atoms with Crippen LogP contribution in [0.1, 0.15) is 21.7 Å². The summed E-state index contributed by atoms with van der Waals surface area (Å²) < 4.78 is 30.3. The molecule has 0 fully saturated rings. The van der Waals surface area contributed by atoms with Crippen LogP contribution in [0.2, 0.25) is 0 Å². The summed E-state index contributed by atoms with van der Waals surface area (Å²) in [4.78, 5) is 12.3. The second-order valence-corrected chi connectivity index (χ2v) is 5.74. The average Bonchev–Trinajstić information content (AvgIpc) is 2.94. The molecule has 0 bridgehead atoms. The fourth-order valence-electron chi connectivity index (χ4n) is 2.57. The van der Waals surface area contributed by atoms with Crippen LogP contribution in [0.3, 0.4) is 0 Å². The molecule has 0 spiro atoms.